The van der Waals surface area contributed by atoms with Gasteiger partial charge in [0.05, 0.1) is 11.1 Å². The van der Waals surface area contributed by atoms with Crippen molar-refractivity contribution in [2.75, 3.05) is 0 Å². The first-order valence-corrected chi connectivity index (χ1v) is 19.2. The van der Waals surface area contributed by atoms with Crippen LogP contribution in [0.3, 0.4) is 0 Å². The van der Waals surface area contributed by atoms with Gasteiger partial charge in [0.1, 0.15) is 46.7 Å². The maximum absolute atomic E-state index is 13.7. The molecule has 4 atom stereocenters. The third kappa shape index (κ3) is 7.81. The predicted octanol–water partition coefficient (Wildman–Crippen LogP) is 3.56. The molecule has 6 aromatic rings. The normalized spacial score (nSPS) is 17.6. The number of ether oxygens (including phenoxy) is 4. The van der Waals surface area contributed by atoms with E-state index in [0.29, 0.717) is 30.3 Å². The second kappa shape index (κ2) is 16.2. The minimum atomic E-state index is -2.06. The van der Waals surface area contributed by atoms with Gasteiger partial charge in [-0.05, 0) is 30.3 Å². The van der Waals surface area contributed by atoms with Crippen molar-refractivity contribution in [2.24, 2.45) is 0 Å². The molecule has 0 amide bonds. The standard InChI is InChI=1S/C44H32O23/c45-15-5-21(47)17-10-30(65-42(60)13-1-23(49)35(56)24(50)2-13)39(63-28(17)7-15)19-9-27(53)37(58)41-34(19)33(38(59)44(62)67-41)20(12-32(54)55)40-31(11-18-22(48)6-16(46)8-29(18)64-40)66-43(61)14-3-25(51)36(57)26(52)4-14/h1-9,12,30-31,39-40,45-53,56-59H,10-11H2,(H,54,55)/b20-12+/t30-,31-,39-,40-/m1/s1. The molecule has 0 bridgehead atoms. The number of aliphatic carboxylic acids is 1. The number of carbonyl (C=O) groups excluding carboxylic acids is 2. The summed E-state index contributed by atoms with van der Waals surface area (Å²) in [5.41, 5.74) is -6.35. The predicted molar refractivity (Wildman–Crippen MR) is 219 cm³/mol. The Morgan fingerprint density at radius 1 is 0.552 bits per heavy atom. The van der Waals surface area contributed by atoms with E-state index in [1.54, 1.807) is 0 Å². The Morgan fingerprint density at radius 3 is 1.52 bits per heavy atom. The molecule has 14 N–H and O–H groups in total. The molecule has 0 radical (unpaired) electrons. The van der Waals surface area contributed by atoms with E-state index in [0.717, 1.165) is 30.3 Å². The first-order valence-electron chi connectivity index (χ1n) is 19.2. The van der Waals surface area contributed by atoms with E-state index < -0.39 is 174 Å². The molecule has 8 rings (SSSR count). The van der Waals surface area contributed by atoms with Crippen molar-refractivity contribution in [1.82, 2.24) is 0 Å². The van der Waals surface area contributed by atoms with Gasteiger partial charge >= 0.3 is 23.5 Å². The van der Waals surface area contributed by atoms with Gasteiger partial charge in [-0.2, -0.15) is 0 Å². The van der Waals surface area contributed by atoms with Crippen molar-refractivity contribution in [2.45, 2.75) is 37.3 Å². The average Bonchev–Trinajstić information content (AvgIpc) is 3.25. The number of hydrogen-bond donors (Lipinski definition) is 14. The number of esters is 2. The van der Waals surface area contributed by atoms with Crippen LogP contribution >= 0.6 is 0 Å². The van der Waals surface area contributed by atoms with Gasteiger partial charge in [0.2, 0.25) is 11.5 Å². The average molecular weight is 929 g/mol. The third-order valence-electron chi connectivity index (χ3n) is 10.8. The molecular formula is C44H32O23. The Kier molecular flexibility index (Phi) is 10.7. The fourth-order valence-corrected chi connectivity index (χ4v) is 7.79. The summed E-state index contributed by atoms with van der Waals surface area (Å²) in [5, 5.41) is 146. The van der Waals surface area contributed by atoms with Crippen LogP contribution in [0.15, 0.2) is 69.9 Å². The quantitative estimate of drug-likeness (QED) is 0.0449. The first kappa shape index (κ1) is 44.1. The van der Waals surface area contributed by atoms with Crippen LogP contribution in [-0.2, 0) is 27.1 Å². The lowest BCUT2D eigenvalue weighted by molar-refractivity contribution is -0.131. The van der Waals surface area contributed by atoms with Crippen molar-refractivity contribution < 1.29 is 109 Å². The van der Waals surface area contributed by atoms with Gasteiger partial charge in [-0.15, -0.1) is 0 Å². The maximum Gasteiger partial charge on any atom is 0.379 e. The van der Waals surface area contributed by atoms with Gasteiger partial charge in [-0.1, -0.05) is 0 Å². The lowest BCUT2D eigenvalue weighted by atomic mass is 9.85. The Bertz CT molecular complexity index is 3160. The minimum Gasteiger partial charge on any atom is -0.508 e. The minimum absolute atomic E-state index is 0.0997. The number of carboxylic acids is 1. The summed E-state index contributed by atoms with van der Waals surface area (Å²) in [4.78, 5) is 53.7. The molecule has 3 heterocycles. The smallest absolute Gasteiger partial charge is 0.379 e. The Morgan fingerprint density at radius 2 is 1.01 bits per heavy atom. The highest BCUT2D eigenvalue weighted by Gasteiger charge is 2.44. The fraction of sp³-hybridized carbons (Fsp3) is 0.136. The van der Waals surface area contributed by atoms with Crippen LogP contribution in [0.2, 0.25) is 0 Å². The summed E-state index contributed by atoms with van der Waals surface area (Å²) in [7, 11) is 0. The zero-order valence-electron chi connectivity index (χ0n) is 33.4. The van der Waals surface area contributed by atoms with E-state index in [-0.39, 0.29) is 22.6 Å². The highest BCUT2D eigenvalue weighted by Crippen LogP contribution is 2.51. The van der Waals surface area contributed by atoms with Crippen molar-refractivity contribution in [1.29, 1.82) is 0 Å². The van der Waals surface area contributed by atoms with Crippen LogP contribution in [0.5, 0.6) is 86.2 Å². The van der Waals surface area contributed by atoms with Gasteiger partial charge in [-0.25, -0.2) is 19.2 Å². The second-order valence-electron chi connectivity index (χ2n) is 15.1. The zero-order valence-corrected chi connectivity index (χ0v) is 33.4. The number of phenolic OH excluding ortho intramolecular Hbond substituents is 12. The van der Waals surface area contributed by atoms with Crippen LogP contribution in [0, 0.1) is 0 Å². The van der Waals surface area contributed by atoms with E-state index in [2.05, 4.69) is 0 Å². The van der Waals surface area contributed by atoms with Crippen molar-refractivity contribution in [3.63, 3.8) is 0 Å². The lowest BCUT2D eigenvalue weighted by Gasteiger charge is -2.36. The summed E-state index contributed by atoms with van der Waals surface area (Å²) in [6.45, 7) is 0. The summed E-state index contributed by atoms with van der Waals surface area (Å²) < 4.78 is 29.0. The maximum atomic E-state index is 13.7. The molecule has 0 fully saturated rings. The molecule has 0 saturated heterocycles. The van der Waals surface area contributed by atoms with Crippen LogP contribution in [0.4, 0.5) is 0 Å². The van der Waals surface area contributed by atoms with Gasteiger partial charge < -0.3 is 94.9 Å². The van der Waals surface area contributed by atoms with Gasteiger partial charge in [0.15, 0.2) is 58.0 Å². The molecule has 0 unspecified atom stereocenters. The molecule has 0 saturated carbocycles. The molecule has 0 spiro atoms. The summed E-state index contributed by atoms with van der Waals surface area (Å²) in [5.74, 6) is -17.2. The molecule has 2 aliphatic rings. The zero-order chi connectivity index (χ0) is 48.5. The van der Waals surface area contributed by atoms with Crippen LogP contribution in [0.1, 0.15) is 49.1 Å². The van der Waals surface area contributed by atoms with E-state index in [4.69, 9.17) is 23.4 Å². The van der Waals surface area contributed by atoms with E-state index >= 15 is 0 Å². The third-order valence-corrected chi connectivity index (χ3v) is 10.8. The Labute approximate surface area is 371 Å². The lowest BCUT2D eigenvalue weighted by Crippen LogP contribution is -2.42. The monoisotopic (exact) mass is 928 g/mol. The molecule has 67 heavy (non-hydrogen) atoms. The molecule has 0 aliphatic carbocycles. The molecular weight excluding hydrogens is 896 g/mol. The topological polar surface area (TPSA) is 402 Å². The number of phenols is 12. The van der Waals surface area contributed by atoms with E-state index in [1.807, 2.05) is 0 Å². The highest BCUT2D eigenvalue weighted by atomic mass is 16.6. The first-order chi connectivity index (χ1) is 31.6. The molecule has 1 aromatic heterocycles. The fourth-order valence-electron chi connectivity index (χ4n) is 7.79. The number of fused-ring (bicyclic) bond motifs is 3. The SMILES string of the molecule is O=C(O)/C=C(\c1c(O)c(=O)oc2c(O)c(O)cc([C@H]3Oc4cc(O)cc(O)c4C[C@H]3OC(=O)c3cc(O)c(O)c(O)c3)c12)[C@H]1Oc2cc(O)cc(O)c2C[C@H]1OC(=O)c1cc(O)c(O)c(O)c1. The van der Waals surface area contributed by atoms with Crippen molar-refractivity contribution in [3.8, 4) is 86.2 Å². The van der Waals surface area contributed by atoms with Gasteiger partial charge in [-0.3, -0.25) is 0 Å². The number of carboxylic acid groups (broad SMARTS) is 1. The number of carbonyl (C=O) groups is 3. The molecule has 346 valence electrons. The summed E-state index contributed by atoms with van der Waals surface area (Å²) in [6.07, 6.45) is -8.34. The summed E-state index contributed by atoms with van der Waals surface area (Å²) >= 11 is 0. The van der Waals surface area contributed by atoms with Crippen LogP contribution in [0.25, 0.3) is 16.5 Å². The number of aromatic hydroxyl groups is 13. The number of hydrogen-bond acceptors (Lipinski definition) is 22. The Hall–Kier alpha value is -9.54. The Balaban J connectivity index is 1.36. The molecule has 23 nitrogen and oxygen atoms in total. The number of rotatable bonds is 8. The number of benzene rings is 5. The largest absolute Gasteiger partial charge is 0.508 e. The molecule has 23 heteroatoms. The van der Waals surface area contributed by atoms with Crippen molar-refractivity contribution in [3.05, 3.63) is 104 Å². The van der Waals surface area contributed by atoms with Crippen molar-refractivity contribution >= 4 is 34.5 Å². The summed E-state index contributed by atoms with van der Waals surface area (Å²) in [6, 6.07) is 7.33. The molecule has 5 aromatic carbocycles. The van der Waals surface area contributed by atoms with E-state index in [9.17, 15) is 90.7 Å². The van der Waals surface area contributed by atoms with Gasteiger partial charge in [0, 0.05) is 76.4 Å². The van der Waals surface area contributed by atoms with E-state index in [1.165, 1.54) is 0 Å². The highest BCUT2D eigenvalue weighted by molar-refractivity contribution is 6.04. The second-order valence-corrected chi connectivity index (χ2v) is 15.1. The van der Waals surface area contributed by atoms with Crippen LogP contribution in [-0.4, -0.2) is 108 Å². The van der Waals surface area contributed by atoms with Gasteiger partial charge in [0.25, 0.3) is 0 Å². The molecule has 2 aliphatic heterocycles. The van der Waals surface area contributed by atoms with Crippen LogP contribution < -0.4 is 15.1 Å².